The van der Waals surface area contributed by atoms with Crippen LogP contribution in [0.1, 0.15) is 41.0 Å². The maximum absolute atomic E-state index is 13.5. The van der Waals surface area contributed by atoms with Crippen molar-refractivity contribution in [3.05, 3.63) is 55.4 Å². The van der Waals surface area contributed by atoms with Crippen LogP contribution in [0.15, 0.2) is 28.1 Å². The molecule has 0 aliphatic rings. The lowest BCUT2D eigenvalue weighted by Crippen LogP contribution is -2.24. The van der Waals surface area contributed by atoms with Crippen molar-refractivity contribution in [2.24, 2.45) is 0 Å². The first kappa shape index (κ1) is 15.7. The van der Waals surface area contributed by atoms with Crippen LogP contribution < -0.4 is 5.32 Å². The van der Waals surface area contributed by atoms with Crippen LogP contribution in [-0.4, -0.2) is 6.54 Å². The zero-order chi connectivity index (χ0) is 14.7. The first-order valence-electron chi connectivity index (χ1n) is 6.78. The fourth-order valence-electron chi connectivity index (χ4n) is 2.49. The Labute approximate surface area is 132 Å². The van der Waals surface area contributed by atoms with E-state index in [1.807, 2.05) is 13.8 Å². The molecule has 0 radical (unpaired) electrons. The third-order valence-corrected chi connectivity index (χ3v) is 5.01. The van der Waals surface area contributed by atoms with Crippen molar-refractivity contribution in [3.8, 4) is 0 Å². The maximum atomic E-state index is 13.5. The smallest absolute Gasteiger partial charge is 0.123 e. The molecule has 0 saturated carbocycles. The molecule has 0 aliphatic carbocycles. The minimum atomic E-state index is -0.162. The molecule has 20 heavy (non-hydrogen) atoms. The molecule has 0 fully saturated rings. The second kappa shape index (κ2) is 6.83. The van der Waals surface area contributed by atoms with Gasteiger partial charge in [0.25, 0.3) is 0 Å². The lowest BCUT2D eigenvalue weighted by Gasteiger charge is -2.22. The standard InChI is InChI=1S/C16H19BrFNS/c1-4-7-19-16(13-5-6-14(17)20-13)15-10(2)8-12(18)9-11(15)3/h5-6,8-9,16,19H,4,7H2,1-3H3. The molecule has 4 heteroatoms. The van der Waals surface area contributed by atoms with Crippen LogP contribution in [-0.2, 0) is 0 Å². The molecule has 2 aromatic rings. The predicted molar refractivity (Wildman–Crippen MR) is 88.0 cm³/mol. The predicted octanol–water partition coefficient (Wildman–Crippen LogP) is 5.36. The van der Waals surface area contributed by atoms with E-state index in [0.717, 1.165) is 27.9 Å². The number of benzene rings is 1. The van der Waals surface area contributed by atoms with Gasteiger partial charge in [-0.25, -0.2) is 4.39 Å². The van der Waals surface area contributed by atoms with Gasteiger partial charge in [0.2, 0.25) is 0 Å². The van der Waals surface area contributed by atoms with Crippen molar-refractivity contribution < 1.29 is 4.39 Å². The lowest BCUT2D eigenvalue weighted by atomic mass is 9.94. The van der Waals surface area contributed by atoms with Gasteiger partial charge in [0.1, 0.15) is 5.82 Å². The number of halogens is 2. The normalized spacial score (nSPS) is 12.7. The summed E-state index contributed by atoms with van der Waals surface area (Å²) < 4.78 is 14.6. The molecular formula is C16H19BrFNS. The summed E-state index contributed by atoms with van der Waals surface area (Å²) in [5.74, 6) is -0.162. The molecule has 0 saturated heterocycles. The highest BCUT2D eigenvalue weighted by molar-refractivity contribution is 9.11. The molecule has 1 atom stereocenters. The quantitative estimate of drug-likeness (QED) is 0.761. The van der Waals surface area contributed by atoms with Crippen LogP contribution in [0.3, 0.4) is 0 Å². The summed E-state index contributed by atoms with van der Waals surface area (Å²) in [5, 5.41) is 3.58. The van der Waals surface area contributed by atoms with Gasteiger partial charge in [0, 0.05) is 4.88 Å². The van der Waals surface area contributed by atoms with Crippen LogP contribution in [0.25, 0.3) is 0 Å². The number of rotatable bonds is 5. The Morgan fingerprint density at radius 1 is 1.25 bits per heavy atom. The van der Waals surface area contributed by atoms with Crippen LogP contribution in [0, 0.1) is 19.7 Å². The maximum Gasteiger partial charge on any atom is 0.123 e. The summed E-state index contributed by atoms with van der Waals surface area (Å²) in [6.07, 6.45) is 1.07. The van der Waals surface area contributed by atoms with Crippen LogP contribution in [0.5, 0.6) is 0 Å². The van der Waals surface area contributed by atoms with Crippen molar-refractivity contribution in [2.45, 2.75) is 33.2 Å². The first-order chi connectivity index (χ1) is 9.52. The van der Waals surface area contributed by atoms with Gasteiger partial charge in [0.05, 0.1) is 9.83 Å². The van der Waals surface area contributed by atoms with Gasteiger partial charge in [-0.2, -0.15) is 0 Å². The van der Waals surface area contributed by atoms with E-state index in [0.29, 0.717) is 0 Å². The molecule has 1 aromatic heterocycles. The van der Waals surface area contributed by atoms with E-state index in [2.05, 4.69) is 40.3 Å². The average molecular weight is 356 g/mol. The number of hydrogen-bond acceptors (Lipinski definition) is 2. The average Bonchev–Trinajstić information content (AvgIpc) is 2.78. The van der Waals surface area contributed by atoms with Gasteiger partial charge in [0.15, 0.2) is 0 Å². The zero-order valence-electron chi connectivity index (χ0n) is 12.0. The largest absolute Gasteiger partial charge is 0.306 e. The molecule has 1 unspecified atom stereocenters. The van der Waals surface area contributed by atoms with E-state index in [4.69, 9.17) is 0 Å². The fourth-order valence-corrected chi connectivity index (χ4v) is 4.00. The Morgan fingerprint density at radius 2 is 1.90 bits per heavy atom. The Kier molecular flexibility index (Phi) is 5.35. The van der Waals surface area contributed by atoms with Crippen LogP contribution in [0.2, 0.25) is 0 Å². The van der Waals surface area contributed by atoms with Crippen molar-refractivity contribution in [2.75, 3.05) is 6.54 Å². The topological polar surface area (TPSA) is 12.0 Å². The van der Waals surface area contributed by atoms with E-state index < -0.39 is 0 Å². The van der Waals surface area contributed by atoms with E-state index in [1.165, 1.54) is 10.4 Å². The molecule has 0 amide bonds. The Balaban J connectivity index is 2.46. The summed E-state index contributed by atoms with van der Waals surface area (Å²) in [5.41, 5.74) is 3.19. The summed E-state index contributed by atoms with van der Waals surface area (Å²) >= 11 is 5.24. The molecule has 2 rings (SSSR count). The number of thiophene rings is 1. The van der Waals surface area contributed by atoms with E-state index in [9.17, 15) is 4.39 Å². The first-order valence-corrected chi connectivity index (χ1v) is 8.39. The van der Waals surface area contributed by atoms with Gasteiger partial charge in [-0.15, -0.1) is 11.3 Å². The van der Waals surface area contributed by atoms with Gasteiger partial charge in [-0.1, -0.05) is 6.92 Å². The third-order valence-electron chi connectivity index (χ3n) is 3.32. The fraction of sp³-hybridized carbons (Fsp3) is 0.375. The second-order valence-electron chi connectivity index (χ2n) is 4.98. The van der Waals surface area contributed by atoms with Crippen molar-refractivity contribution in [1.82, 2.24) is 5.32 Å². The highest BCUT2D eigenvalue weighted by Gasteiger charge is 2.20. The highest BCUT2D eigenvalue weighted by Crippen LogP contribution is 2.34. The van der Waals surface area contributed by atoms with Crippen LogP contribution in [0.4, 0.5) is 4.39 Å². The third kappa shape index (κ3) is 3.48. The molecule has 108 valence electrons. The summed E-state index contributed by atoms with van der Waals surface area (Å²) in [6.45, 7) is 7.05. The SMILES string of the molecule is CCCNC(c1ccc(Br)s1)c1c(C)cc(F)cc1C. The highest BCUT2D eigenvalue weighted by atomic mass is 79.9. The van der Waals surface area contributed by atoms with E-state index in [1.54, 1.807) is 23.5 Å². The Morgan fingerprint density at radius 3 is 2.40 bits per heavy atom. The van der Waals surface area contributed by atoms with Crippen molar-refractivity contribution in [1.29, 1.82) is 0 Å². The molecule has 0 bridgehead atoms. The number of aryl methyl sites for hydroxylation is 2. The van der Waals surface area contributed by atoms with E-state index in [-0.39, 0.29) is 11.9 Å². The Bertz CT molecular complexity index is 571. The minimum absolute atomic E-state index is 0.131. The van der Waals surface area contributed by atoms with Crippen LogP contribution >= 0.6 is 27.3 Å². The van der Waals surface area contributed by atoms with Gasteiger partial charge in [-0.3, -0.25) is 0 Å². The zero-order valence-corrected chi connectivity index (χ0v) is 14.4. The molecule has 1 heterocycles. The molecule has 0 spiro atoms. The summed E-state index contributed by atoms with van der Waals surface area (Å²) in [6, 6.07) is 7.56. The van der Waals surface area contributed by atoms with Gasteiger partial charge in [-0.05, 0) is 83.7 Å². The molecule has 0 aliphatic heterocycles. The molecular weight excluding hydrogens is 337 g/mol. The second-order valence-corrected chi connectivity index (χ2v) is 7.48. The monoisotopic (exact) mass is 355 g/mol. The minimum Gasteiger partial charge on any atom is -0.306 e. The van der Waals surface area contributed by atoms with Crippen molar-refractivity contribution >= 4 is 27.3 Å². The van der Waals surface area contributed by atoms with Gasteiger partial charge < -0.3 is 5.32 Å². The van der Waals surface area contributed by atoms with Crippen molar-refractivity contribution in [3.63, 3.8) is 0 Å². The van der Waals surface area contributed by atoms with Gasteiger partial charge >= 0.3 is 0 Å². The molecule has 1 N–H and O–H groups in total. The number of nitrogens with one attached hydrogen (secondary N) is 1. The number of hydrogen-bond donors (Lipinski definition) is 1. The lowest BCUT2D eigenvalue weighted by molar-refractivity contribution is 0.592. The Hall–Kier alpha value is -0.710. The molecule has 1 aromatic carbocycles. The van der Waals surface area contributed by atoms with E-state index >= 15 is 0 Å². The molecule has 1 nitrogen and oxygen atoms in total. The summed E-state index contributed by atoms with van der Waals surface area (Å²) in [7, 11) is 0. The summed E-state index contributed by atoms with van der Waals surface area (Å²) in [4.78, 5) is 1.25.